The van der Waals surface area contributed by atoms with Gasteiger partial charge in [-0.3, -0.25) is 0 Å². The van der Waals surface area contributed by atoms with Gasteiger partial charge in [-0.2, -0.15) is 11.8 Å². The minimum Gasteiger partial charge on any atom is -0.356 e. The van der Waals surface area contributed by atoms with Crippen LogP contribution in [0.1, 0.15) is 44.3 Å². The van der Waals surface area contributed by atoms with E-state index in [1.54, 1.807) is 0 Å². The van der Waals surface area contributed by atoms with Crippen LogP contribution in [0.2, 0.25) is 0 Å². The first-order chi connectivity index (χ1) is 12.6. The molecule has 9 heteroatoms. The number of aliphatic imine (C=N–C) groups is 1. The summed E-state index contributed by atoms with van der Waals surface area (Å²) in [5.41, 5.74) is 0. The van der Waals surface area contributed by atoms with Gasteiger partial charge in [0.15, 0.2) is 11.8 Å². The Labute approximate surface area is 185 Å². The van der Waals surface area contributed by atoms with Gasteiger partial charge < -0.3 is 20.1 Å². The fourth-order valence-corrected chi connectivity index (χ4v) is 3.56. The molecule has 0 saturated carbocycles. The molecule has 1 saturated heterocycles. The Morgan fingerprint density at radius 1 is 1.30 bits per heavy atom. The Balaban J connectivity index is 0.00000364. The summed E-state index contributed by atoms with van der Waals surface area (Å²) >= 11 is 1.88. The topological polar surface area (TPSA) is 70.4 Å². The summed E-state index contributed by atoms with van der Waals surface area (Å²) in [6.45, 7) is 9.27. The monoisotopic (exact) mass is 509 g/mol. The van der Waals surface area contributed by atoms with Crippen LogP contribution in [0.3, 0.4) is 0 Å². The predicted molar refractivity (Wildman–Crippen MR) is 126 cm³/mol. The molecular formula is C18H36IN7S. The largest absolute Gasteiger partial charge is 0.356 e. The predicted octanol–water partition coefficient (Wildman–Crippen LogP) is 2.40. The first-order valence-electron chi connectivity index (χ1n) is 9.75. The molecule has 0 unspecified atom stereocenters. The van der Waals surface area contributed by atoms with Crippen molar-refractivity contribution >= 4 is 41.7 Å². The van der Waals surface area contributed by atoms with Crippen molar-refractivity contribution < 1.29 is 0 Å². The molecule has 2 N–H and O–H groups in total. The van der Waals surface area contributed by atoms with Gasteiger partial charge >= 0.3 is 0 Å². The number of hydrogen-bond donors (Lipinski definition) is 2. The van der Waals surface area contributed by atoms with E-state index in [0.29, 0.717) is 12.6 Å². The van der Waals surface area contributed by atoms with Crippen LogP contribution >= 0.6 is 35.7 Å². The Hall–Kier alpha value is -0.550. The molecule has 1 aromatic heterocycles. The molecule has 7 nitrogen and oxygen atoms in total. The zero-order valence-corrected chi connectivity index (χ0v) is 20.3. The molecule has 0 aromatic carbocycles. The molecule has 1 fully saturated rings. The van der Waals surface area contributed by atoms with E-state index in [0.717, 1.165) is 36.3 Å². The molecule has 0 atom stereocenters. The van der Waals surface area contributed by atoms with Crippen LogP contribution in [0, 0.1) is 6.92 Å². The summed E-state index contributed by atoms with van der Waals surface area (Å²) in [6, 6.07) is 0.496. The molecule has 1 aromatic rings. The molecule has 0 radical (unpaired) electrons. The number of guanidine groups is 1. The van der Waals surface area contributed by atoms with E-state index < -0.39 is 0 Å². The van der Waals surface area contributed by atoms with Crippen LogP contribution in [-0.4, -0.2) is 69.9 Å². The SMILES string of the molecule is CCCN1CCC(NC(=NCc2nnc(C)n2C)NCCCSC)CC1.I. The summed E-state index contributed by atoms with van der Waals surface area (Å²) < 4.78 is 2.00. The number of thioether (sulfide) groups is 1. The summed E-state index contributed by atoms with van der Waals surface area (Å²) in [6.07, 6.45) is 6.87. The van der Waals surface area contributed by atoms with Gasteiger partial charge in [-0.05, 0) is 51.2 Å². The van der Waals surface area contributed by atoms with E-state index in [2.05, 4.69) is 38.9 Å². The van der Waals surface area contributed by atoms with Gasteiger partial charge in [-0.1, -0.05) is 6.92 Å². The average molecular weight is 510 g/mol. The summed E-state index contributed by atoms with van der Waals surface area (Å²) in [5, 5.41) is 15.5. The van der Waals surface area contributed by atoms with Crippen LogP contribution in [0.15, 0.2) is 4.99 Å². The second-order valence-electron chi connectivity index (χ2n) is 6.92. The Morgan fingerprint density at radius 3 is 2.63 bits per heavy atom. The fraction of sp³-hybridized carbons (Fsp3) is 0.833. The second kappa shape index (κ2) is 13.6. The quantitative estimate of drug-likeness (QED) is 0.231. The molecule has 2 heterocycles. The highest BCUT2D eigenvalue weighted by Gasteiger charge is 2.19. The highest BCUT2D eigenvalue weighted by Crippen LogP contribution is 2.10. The smallest absolute Gasteiger partial charge is 0.191 e. The molecule has 0 amide bonds. The van der Waals surface area contributed by atoms with E-state index in [4.69, 9.17) is 4.99 Å². The van der Waals surface area contributed by atoms with Gasteiger partial charge in [0.2, 0.25) is 0 Å². The van der Waals surface area contributed by atoms with Gasteiger partial charge in [0.25, 0.3) is 0 Å². The molecule has 27 heavy (non-hydrogen) atoms. The number of rotatable bonds is 9. The average Bonchev–Trinajstić information content (AvgIpc) is 2.97. The fourth-order valence-electron chi connectivity index (χ4n) is 3.12. The van der Waals surface area contributed by atoms with Crippen molar-refractivity contribution in [1.29, 1.82) is 0 Å². The number of hydrogen-bond acceptors (Lipinski definition) is 5. The Kier molecular flexibility index (Phi) is 12.3. The first-order valence-corrected chi connectivity index (χ1v) is 11.1. The molecule has 2 rings (SSSR count). The van der Waals surface area contributed by atoms with Crippen molar-refractivity contribution in [2.24, 2.45) is 12.0 Å². The highest BCUT2D eigenvalue weighted by molar-refractivity contribution is 14.0. The number of aromatic nitrogens is 3. The molecule has 156 valence electrons. The zero-order chi connectivity index (χ0) is 18.8. The lowest BCUT2D eigenvalue weighted by molar-refractivity contribution is 0.206. The summed E-state index contributed by atoms with van der Waals surface area (Å²) in [4.78, 5) is 7.32. The van der Waals surface area contributed by atoms with Crippen molar-refractivity contribution in [2.45, 2.75) is 52.1 Å². The van der Waals surface area contributed by atoms with E-state index >= 15 is 0 Å². The molecule has 0 bridgehead atoms. The van der Waals surface area contributed by atoms with Gasteiger partial charge in [-0.15, -0.1) is 34.2 Å². The number of nitrogens with one attached hydrogen (secondary N) is 2. The van der Waals surface area contributed by atoms with Gasteiger partial charge in [-0.25, -0.2) is 4.99 Å². The maximum Gasteiger partial charge on any atom is 0.191 e. The number of aryl methyl sites for hydroxylation is 1. The van der Waals surface area contributed by atoms with E-state index in [1.165, 1.54) is 38.9 Å². The van der Waals surface area contributed by atoms with Crippen LogP contribution in [0.5, 0.6) is 0 Å². The van der Waals surface area contributed by atoms with Crippen LogP contribution in [0.4, 0.5) is 0 Å². The molecule has 0 spiro atoms. The Bertz CT molecular complexity index is 556. The van der Waals surface area contributed by atoms with Gasteiger partial charge in [0.05, 0.1) is 0 Å². The molecule has 0 aliphatic carbocycles. The molecule has 1 aliphatic rings. The highest BCUT2D eigenvalue weighted by atomic mass is 127. The summed E-state index contributed by atoms with van der Waals surface area (Å²) in [5.74, 6) is 3.88. The minimum atomic E-state index is 0. The van der Waals surface area contributed by atoms with Crippen molar-refractivity contribution in [3.8, 4) is 0 Å². The van der Waals surface area contributed by atoms with Crippen molar-refractivity contribution in [1.82, 2.24) is 30.3 Å². The summed E-state index contributed by atoms with van der Waals surface area (Å²) in [7, 11) is 1.99. The lowest BCUT2D eigenvalue weighted by atomic mass is 10.1. The number of likely N-dealkylation sites (tertiary alicyclic amines) is 1. The van der Waals surface area contributed by atoms with Crippen LogP contribution in [-0.2, 0) is 13.6 Å². The first kappa shape index (κ1) is 24.5. The van der Waals surface area contributed by atoms with Crippen molar-refractivity contribution in [2.75, 3.05) is 38.2 Å². The third-order valence-corrected chi connectivity index (χ3v) is 5.54. The molecule has 1 aliphatic heterocycles. The third-order valence-electron chi connectivity index (χ3n) is 4.85. The number of halogens is 1. The van der Waals surface area contributed by atoms with Crippen LogP contribution in [0.25, 0.3) is 0 Å². The van der Waals surface area contributed by atoms with Crippen molar-refractivity contribution in [3.63, 3.8) is 0 Å². The van der Waals surface area contributed by atoms with Crippen molar-refractivity contribution in [3.05, 3.63) is 11.6 Å². The molecular weight excluding hydrogens is 473 g/mol. The Morgan fingerprint density at radius 2 is 2.04 bits per heavy atom. The number of nitrogens with zero attached hydrogens (tertiary/aromatic N) is 5. The lowest BCUT2D eigenvalue weighted by Crippen LogP contribution is -2.49. The lowest BCUT2D eigenvalue weighted by Gasteiger charge is -2.32. The van der Waals surface area contributed by atoms with E-state index in [9.17, 15) is 0 Å². The standard InChI is InChI=1S/C18H35N7S.HI/c1-5-10-25-11-7-16(8-12-25)21-18(19-9-6-13-26-4)20-14-17-23-22-15(2)24(17)3;/h16H,5-14H2,1-4H3,(H2,19,20,21);1H. The normalized spacial score (nSPS) is 16.2. The van der Waals surface area contributed by atoms with E-state index in [1.807, 2.05) is 30.3 Å². The third kappa shape index (κ3) is 8.55. The number of piperidine rings is 1. The van der Waals surface area contributed by atoms with Crippen LogP contribution < -0.4 is 10.6 Å². The maximum absolute atomic E-state index is 4.77. The van der Waals surface area contributed by atoms with Gasteiger partial charge in [0.1, 0.15) is 12.4 Å². The minimum absolute atomic E-state index is 0. The zero-order valence-electron chi connectivity index (χ0n) is 17.2. The van der Waals surface area contributed by atoms with E-state index in [-0.39, 0.29) is 24.0 Å². The second-order valence-corrected chi connectivity index (χ2v) is 7.91. The van der Waals surface area contributed by atoms with Gasteiger partial charge in [0, 0.05) is 32.7 Å². The maximum atomic E-state index is 4.77.